The van der Waals surface area contributed by atoms with Gasteiger partial charge >= 0.3 is 6.03 Å². The number of aryl methyl sites for hydroxylation is 1. The molecule has 1 fully saturated rings. The van der Waals surface area contributed by atoms with Crippen molar-refractivity contribution in [2.75, 3.05) is 11.6 Å². The molecule has 1 heterocycles. The van der Waals surface area contributed by atoms with Gasteiger partial charge in [-0.05, 0) is 43.9 Å². The summed E-state index contributed by atoms with van der Waals surface area (Å²) in [7, 11) is -1.07. The number of amides is 2. The molecule has 2 atom stereocenters. The smallest absolute Gasteiger partial charge is 0.319 e. The van der Waals surface area contributed by atoms with Crippen LogP contribution in [0.2, 0.25) is 0 Å². The Kier molecular flexibility index (Phi) is 4.77. The third-order valence-electron chi connectivity index (χ3n) is 3.71. The molecular formula is C16H19N3O2S2. The summed E-state index contributed by atoms with van der Waals surface area (Å²) in [5.74, 6) is 0.473. The number of thiazole rings is 1. The molecule has 0 spiro atoms. The van der Waals surface area contributed by atoms with Gasteiger partial charge in [0.25, 0.3) is 0 Å². The quantitative estimate of drug-likeness (QED) is 0.868. The lowest BCUT2D eigenvalue weighted by atomic mass is 10.2. The molecule has 0 aliphatic heterocycles. The zero-order valence-electron chi connectivity index (χ0n) is 13.0. The standard InChI is InChI=1S/C16H19N3O2S2/c1-10-9-22-15(17-10)14(11-6-7-11)19-16(20)18-12-4-3-5-13(8-12)23(2)21/h3-5,8-9,11,14H,6-7H2,1-2H3,(H2,18,19,20)/t14-,23+/m1/s1. The Balaban J connectivity index is 1.68. The molecule has 2 amide bonds. The van der Waals surface area contributed by atoms with E-state index in [4.69, 9.17) is 0 Å². The van der Waals surface area contributed by atoms with Gasteiger partial charge in [0.1, 0.15) is 5.01 Å². The predicted molar refractivity (Wildman–Crippen MR) is 93.2 cm³/mol. The topological polar surface area (TPSA) is 71.1 Å². The van der Waals surface area contributed by atoms with Crippen molar-refractivity contribution in [2.45, 2.75) is 30.7 Å². The number of rotatable bonds is 5. The van der Waals surface area contributed by atoms with E-state index < -0.39 is 10.8 Å². The van der Waals surface area contributed by atoms with Crippen LogP contribution in [-0.2, 0) is 10.8 Å². The number of hydrogen-bond acceptors (Lipinski definition) is 4. The Morgan fingerprint density at radius 1 is 1.43 bits per heavy atom. The molecule has 0 unspecified atom stereocenters. The van der Waals surface area contributed by atoms with E-state index in [-0.39, 0.29) is 12.1 Å². The molecular weight excluding hydrogens is 330 g/mol. The molecule has 1 saturated carbocycles. The van der Waals surface area contributed by atoms with E-state index >= 15 is 0 Å². The number of benzene rings is 1. The zero-order valence-corrected chi connectivity index (χ0v) is 14.7. The van der Waals surface area contributed by atoms with Crippen molar-refractivity contribution in [1.82, 2.24) is 10.3 Å². The van der Waals surface area contributed by atoms with E-state index in [2.05, 4.69) is 15.6 Å². The summed E-state index contributed by atoms with van der Waals surface area (Å²) in [6.45, 7) is 1.96. The molecule has 1 aliphatic carbocycles. The van der Waals surface area contributed by atoms with Crippen LogP contribution in [0, 0.1) is 12.8 Å². The number of anilines is 1. The van der Waals surface area contributed by atoms with Crippen LogP contribution in [-0.4, -0.2) is 21.5 Å². The fourth-order valence-corrected chi connectivity index (χ4v) is 3.89. The summed E-state index contributed by atoms with van der Waals surface area (Å²) >= 11 is 1.59. The molecule has 2 aromatic rings. The number of hydrogen-bond donors (Lipinski definition) is 2. The summed E-state index contributed by atoms with van der Waals surface area (Å²) in [5.41, 5.74) is 1.62. The fourth-order valence-electron chi connectivity index (χ4n) is 2.39. The van der Waals surface area contributed by atoms with Crippen molar-refractivity contribution in [3.05, 3.63) is 40.3 Å². The van der Waals surface area contributed by atoms with Crippen LogP contribution >= 0.6 is 11.3 Å². The Labute approximate surface area is 142 Å². The Morgan fingerprint density at radius 2 is 2.22 bits per heavy atom. The van der Waals surface area contributed by atoms with E-state index in [0.717, 1.165) is 23.5 Å². The van der Waals surface area contributed by atoms with Crippen molar-refractivity contribution >= 4 is 33.9 Å². The van der Waals surface area contributed by atoms with Crippen molar-refractivity contribution in [1.29, 1.82) is 0 Å². The molecule has 0 bridgehead atoms. The highest BCUT2D eigenvalue weighted by atomic mass is 32.2. The van der Waals surface area contributed by atoms with Gasteiger partial charge in [-0.15, -0.1) is 11.3 Å². The third kappa shape index (κ3) is 4.17. The summed E-state index contributed by atoms with van der Waals surface area (Å²) in [6, 6.07) is 6.80. The van der Waals surface area contributed by atoms with Gasteiger partial charge in [-0.1, -0.05) is 6.07 Å². The molecule has 2 N–H and O–H groups in total. The van der Waals surface area contributed by atoms with E-state index in [9.17, 15) is 9.00 Å². The van der Waals surface area contributed by atoms with E-state index in [1.54, 1.807) is 41.9 Å². The molecule has 1 aromatic heterocycles. The summed E-state index contributed by atoms with van der Waals surface area (Å²) < 4.78 is 11.5. The molecule has 1 aromatic carbocycles. The summed E-state index contributed by atoms with van der Waals surface area (Å²) in [4.78, 5) is 17.5. The highest BCUT2D eigenvalue weighted by molar-refractivity contribution is 7.84. The first-order valence-electron chi connectivity index (χ1n) is 7.46. The number of carbonyl (C=O) groups excluding carboxylic acids is 1. The number of carbonyl (C=O) groups is 1. The van der Waals surface area contributed by atoms with Gasteiger partial charge in [-0.3, -0.25) is 4.21 Å². The van der Waals surface area contributed by atoms with Crippen molar-refractivity contribution < 1.29 is 9.00 Å². The highest BCUT2D eigenvalue weighted by Crippen LogP contribution is 2.41. The van der Waals surface area contributed by atoms with E-state index in [1.165, 1.54) is 0 Å². The molecule has 0 saturated heterocycles. The normalized spacial score (nSPS) is 16.6. The highest BCUT2D eigenvalue weighted by Gasteiger charge is 2.35. The van der Waals surface area contributed by atoms with Crippen LogP contribution in [0.4, 0.5) is 10.5 Å². The number of nitrogens with one attached hydrogen (secondary N) is 2. The molecule has 0 radical (unpaired) electrons. The van der Waals surface area contributed by atoms with Crippen molar-refractivity contribution in [3.8, 4) is 0 Å². The van der Waals surface area contributed by atoms with Crippen molar-refractivity contribution in [2.24, 2.45) is 5.92 Å². The Hall–Kier alpha value is -1.73. The Bertz CT molecular complexity index is 740. The second-order valence-corrected chi connectivity index (χ2v) is 7.99. The van der Waals surface area contributed by atoms with Crippen LogP contribution in [0.5, 0.6) is 0 Å². The lowest BCUT2D eigenvalue weighted by molar-refractivity contribution is 0.247. The van der Waals surface area contributed by atoms with Crippen LogP contribution < -0.4 is 10.6 Å². The molecule has 3 rings (SSSR count). The first-order valence-corrected chi connectivity index (χ1v) is 9.90. The second kappa shape index (κ2) is 6.80. The average Bonchev–Trinajstić information content (AvgIpc) is 3.26. The lowest BCUT2D eigenvalue weighted by Gasteiger charge is -2.16. The largest absolute Gasteiger partial charge is 0.328 e. The lowest BCUT2D eigenvalue weighted by Crippen LogP contribution is -2.33. The van der Waals surface area contributed by atoms with Crippen LogP contribution in [0.3, 0.4) is 0 Å². The van der Waals surface area contributed by atoms with Gasteiger partial charge in [0.15, 0.2) is 0 Å². The number of nitrogens with zero attached hydrogens (tertiary/aromatic N) is 1. The van der Waals surface area contributed by atoms with Crippen LogP contribution in [0.1, 0.15) is 29.6 Å². The maximum atomic E-state index is 12.3. The summed E-state index contributed by atoms with van der Waals surface area (Å²) in [5, 5.41) is 8.81. The molecule has 7 heteroatoms. The summed E-state index contributed by atoms with van der Waals surface area (Å²) in [6.07, 6.45) is 3.86. The SMILES string of the molecule is Cc1csc([C@H](NC(=O)Nc2cccc([S@](C)=O)c2)C2CC2)n1. The molecule has 5 nitrogen and oxygen atoms in total. The zero-order chi connectivity index (χ0) is 16.4. The van der Waals surface area contributed by atoms with E-state index in [0.29, 0.717) is 16.5 Å². The second-order valence-electron chi connectivity index (χ2n) is 5.72. The van der Waals surface area contributed by atoms with Gasteiger partial charge in [0.05, 0.1) is 6.04 Å². The van der Waals surface area contributed by atoms with Gasteiger partial charge in [-0.2, -0.15) is 0 Å². The number of aromatic nitrogens is 1. The van der Waals surface area contributed by atoms with Gasteiger partial charge in [0.2, 0.25) is 0 Å². The molecule has 122 valence electrons. The van der Waals surface area contributed by atoms with Gasteiger partial charge in [-0.25, -0.2) is 9.78 Å². The third-order valence-corrected chi connectivity index (χ3v) is 5.67. The van der Waals surface area contributed by atoms with Gasteiger partial charge < -0.3 is 10.6 Å². The average molecular weight is 349 g/mol. The first kappa shape index (κ1) is 16.1. The minimum Gasteiger partial charge on any atom is -0.328 e. The Morgan fingerprint density at radius 3 is 2.83 bits per heavy atom. The molecule has 23 heavy (non-hydrogen) atoms. The van der Waals surface area contributed by atoms with Gasteiger partial charge in [0, 0.05) is 38.7 Å². The number of urea groups is 1. The fraction of sp³-hybridized carbons (Fsp3) is 0.375. The maximum Gasteiger partial charge on any atom is 0.319 e. The maximum absolute atomic E-state index is 12.3. The van der Waals surface area contributed by atoms with Crippen LogP contribution in [0.25, 0.3) is 0 Å². The minimum atomic E-state index is -1.07. The molecule has 1 aliphatic rings. The minimum absolute atomic E-state index is 0.0304. The predicted octanol–water partition coefficient (Wildman–Crippen LogP) is 3.46. The van der Waals surface area contributed by atoms with Crippen LogP contribution in [0.15, 0.2) is 34.5 Å². The first-order chi connectivity index (χ1) is 11.0. The van der Waals surface area contributed by atoms with Crippen molar-refractivity contribution in [3.63, 3.8) is 0 Å². The monoisotopic (exact) mass is 349 g/mol. The van der Waals surface area contributed by atoms with E-state index in [1.807, 2.05) is 12.3 Å².